The molecular weight excluding hydrogens is 248 g/mol. The number of carbonyl (C=O) groups is 3. The average molecular weight is 264 g/mol. The van der Waals surface area contributed by atoms with Gasteiger partial charge in [0.1, 0.15) is 12.6 Å². The summed E-state index contributed by atoms with van der Waals surface area (Å²) in [7, 11) is 0. The molecule has 0 saturated carbocycles. The molecule has 2 amide bonds. The normalized spacial score (nSPS) is 11.4. The molecule has 6 heteroatoms. The lowest BCUT2D eigenvalue weighted by molar-refractivity contribution is -0.138. The van der Waals surface area contributed by atoms with Crippen LogP contribution in [-0.2, 0) is 20.8 Å². The van der Waals surface area contributed by atoms with Crippen LogP contribution in [0.5, 0.6) is 0 Å². The summed E-state index contributed by atoms with van der Waals surface area (Å²) in [5.41, 5.74) is 0.846. The van der Waals surface area contributed by atoms with Crippen molar-refractivity contribution in [1.29, 1.82) is 0 Å². The Morgan fingerprint density at radius 3 is 2.42 bits per heavy atom. The van der Waals surface area contributed by atoms with E-state index in [0.29, 0.717) is 0 Å². The van der Waals surface area contributed by atoms with Crippen molar-refractivity contribution >= 4 is 17.8 Å². The molecule has 0 spiro atoms. The van der Waals surface area contributed by atoms with Crippen LogP contribution in [0.4, 0.5) is 0 Å². The van der Waals surface area contributed by atoms with Gasteiger partial charge in [0.2, 0.25) is 11.8 Å². The van der Waals surface area contributed by atoms with Crippen LogP contribution in [0.25, 0.3) is 0 Å². The number of hydrogen-bond donors (Lipinski definition) is 3. The molecule has 6 nitrogen and oxygen atoms in total. The zero-order chi connectivity index (χ0) is 14.3. The molecule has 0 unspecified atom stereocenters. The fraction of sp³-hybridized carbons (Fsp3) is 0.308. The van der Waals surface area contributed by atoms with Gasteiger partial charge in [0, 0.05) is 0 Å². The Morgan fingerprint density at radius 2 is 1.84 bits per heavy atom. The van der Waals surface area contributed by atoms with Crippen LogP contribution in [0.15, 0.2) is 30.3 Å². The van der Waals surface area contributed by atoms with E-state index in [4.69, 9.17) is 5.11 Å². The molecule has 3 N–H and O–H groups in total. The Bertz CT molecular complexity index is 459. The Balaban J connectivity index is 2.39. The maximum Gasteiger partial charge on any atom is 0.322 e. The van der Waals surface area contributed by atoms with Gasteiger partial charge in [-0.25, -0.2) is 0 Å². The number of nitrogens with one attached hydrogen (secondary N) is 2. The zero-order valence-electron chi connectivity index (χ0n) is 10.6. The summed E-state index contributed by atoms with van der Waals surface area (Å²) in [5, 5.41) is 13.1. The van der Waals surface area contributed by atoms with Crippen molar-refractivity contribution < 1.29 is 19.5 Å². The molecule has 0 aliphatic heterocycles. The predicted molar refractivity (Wildman–Crippen MR) is 68.4 cm³/mol. The molecule has 0 bridgehead atoms. The fourth-order valence-electron chi connectivity index (χ4n) is 1.46. The highest BCUT2D eigenvalue weighted by molar-refractivity contribution is 5.89. The van der Waals surface area contributed by atoms with E-state index in [-0.39, 0.29) is 12.3 Å². The van der Waals surface area contributed by atoms with Gasteiger partial charge < -0.3 is 15.7 Å². The number of benzene rings is 1. The van der Waals surface area contributed by atoms with Crippen molar-refractivity contribution in [3.63, 3.8) is 0 Å². The number of aliphatic carboxylic acids is 1. The molecule has 1 aromatic carbocycles. The van der Waals surface area contributed by atoms with Crippen molar-refractivity contribution in [3.05, 3.63) is 35.9 Å². The fourth-order valence-corrected chi connectivity index (χ4v) is 1.46. The van der Waals surface area contributed by atoms with E-state index in [2.05, 4.69) is 10.6 Å². The van der Waals surface area contributed by atoms with Gasteiger partial charge in [-0.2, -0.15) is 0 Å². The first-order valence-electron chi connectivity index (χ1n) is 5.82. The lowest BCUT2D eigenvalue weighted by atomic mass is 10.1. The molecule has 0 aliphatic carbocycles. The van der Waals surface area contributed by atoms with E-state index in [1.165, 1.54) is 6.92 Å². The highest BCUT2D eigenvalue weighted by Gasteiger charge is 2.15. The third kappa shape index (κ3) is 5.67. The van der Waals surface area contributed by atoms with Crippen molar-refractivity contribution in [3.8, 4) is 0 Å². The molecule has 19 heavy (non-hydrogen) atoms. The summed E-state index contributed by atoms with van der Waals surface area (Å²) in [6.45, 7) is 1.04. The van der Waals surface area contributed by atoms with Gasteiger partial charge in [0.05, 0.1) is 6.42 Å². The van der Waals surface area contributed by atoms with Crippen LogP contribution < -0.4 is 10.6 Å². The first kappa shape index (κ1) is 14.7. The van der Waals surface area contributed by atoms with E-state index in [1.54, 1.807) is 0 Å². The van der Waals surface area contributed by atoms with Crippen LogP contribution in [-0.4, -0.2) is 35.5 Å². The summed E-state index contributed by atoms with van der Waals surface area (Å²) in [5.74, 6) is -1.94. The summed E-state index contributed by atoms with van der Waals surface area (Å²) >= 11 is 0. The molecule has 1 rings (SSSR count). The second kappa shape index (κ2) is 7.15. The smallest absolute Gasteiger partial charge is 0.322 e. The standard InChI is InChI=1S/C13H16N2O4/c1-9(13(19)14-8-12(17)18)15-11(16)7-10-5-3-2-4-6-10/h2-6,9H,7-8H2,1H3,(H,14,19)(H,15,16)(H,17,18)/t9-/m0/s1. The highest BCUT2D eigenvalue weighted by Crippen LogP contribution is 1.99. The molecule has 0 heterocycles. The first-order chi connectivity index (χ1) is 8.99. The maximum absolute atomic E-state index is 11.7. The first-order valence-corrected chi connectivity index (χ1v) is 5.82. The zero-order valence-corrected chi connectivity index (χ0v) is 10.6. The second-order valence-corrected chi connectivity index (χ2v) is 4.06. The Labute approximate surface area is 110 Å². The van der Waals surface area contributed by atoms with Crippen molar-refractivity contribution in [2.24, 2.45) is 0 Å². The molecular formula is C13H16N2O4. The third-order valence-corrected chi connectivity index (χ3v) is 2.39. The summed E-state index contributed by atoms with van der Waals surface area (Å²) < 4.78 is 0. The van der Waals surface area contributed by atoms with E-state index in [9.17, 15) is 14.4 Å². The molecule has 0 saturated heterocycles. The Hall–Kier alpha value is -2.37. The highest BCUT2D eigenvalue weighted by atomic mass is 16.4. The van der Waals surface area contributed by atoms with Crippen molar-refractivity contribution in [2.45, 2.75) is 19.4 Å². The summed E-state index contributed by atoms with van der Waals surface area (Å²) in [6, 6.07) is 8.36. The molecule has 0 aliphatic rings. The SMILES string of the molecule is C[C@H](NC(=O)Cc1ccccc1)C(=O)NCC(=O)O. The maximum atomic E-state index is 11.7. The largest absolute Gasteiger partial charge is 0.480 e. The van der Waals surface area contributed by atoms with Gasteiger partial charge in [-0.3, -0.25) is 14.4 Å². The van der Waals surface area contributed by atoms with Gasteiger partial charge in [-0.1, -0.05) is 30.3 Å². The van der Waals surface area contributed by atoms with Gasteiger partial charge in [0.25, 0.3) is 0 Å². The molecule has 0 fully saturated rings. The number of amides is 2. The number of hydrogen-bond acceptors (Lipinski definition) is 3. The van der Waals surface area contributed by atoms with Crippen LogP contribution in [0, 0.1) is 0 Å². The predicted octanol–water partition coefficient (Wildman–Crippen LogP) is -0.0654. The van der Waals surface area contributed by atoms with E-state index >= 15 is 0 Å². The topological polar surface area (TPSA) is 95.5 Å². The van der Waals surface area contributed by atoms with Crippen LogP contribution >= 0.6 is 0 Å². The number of rotatable bonds is 6. The number of carboxylic acids is 1. The monoisotopic (exact) mass is 264 g/mol. The van der Waals surface area contributed by atoms with E-state index < -0.39 is 24.5 Å². The minimum atomic E-state index is -1.13. The van der Waals surface area contributed by atoms with Crippen LogP contribution in [0.3, 0.4) is 0 Å². The van der Waals surface area contributed by atoms with Crippen LogP contribution in [0.2, 0.25) is 0 Å². The van der Waals surface area contributed by atoms with Gasteiger partial charge in [0.15, 0.2) is 0 Å². The minimum Gasteiger partial charge on any atom is -0.480 e. The molecule has 102 valence electrons. The van der Waals surface area contributed by atoms with Gasteiger partial charge in [-0.15, -0.1) is 0 Å². The van der Waals surface area contributed by atoms with Gasteiger partial charge in [-0.05, 0) is 12.5 Å². The molecule has 0 aromatic heterocycles. The Kier molecular flexibility index (Phi) is 5.53. The average Bonchev–Trinajstić information content (AvgIpc) is 2.36. The molecule has 1 atom stereocenters. The van der Waals surface area contributed by atoms with Gasteiger partial charge >= 0.3 is 5.97 Å². The lowest BCUT2D eigenvalue weighted by Gasteiger charge is -2.13. The molecule has 0 radical (unpaired) electrons. The quantitative estimate of drug-likeness (QED) is 0.670. The second-order valence-electron chi connectivity index (χ2n) is 4.06. The van der Waals surface area contributed by atoms with Crippen LogP contribution in [0.1, 0.15) is 12.5 Å². The van der Waals surface area contributed by atoms with Crippen molar-refractivity contribution in [2.75, 3.05) is 6.54 Å². The number of carboxylic acid groups (broad SMARTS) is 1. The summed E-state index contributed by atoms with van der Waals surface area (Å²) in [6.07, 6.45) is 0.178. The molecule has 1 aromatic rings. The minimum absolute atomic E-state index is 0.178. The van der Waals surface area contributed by atoms with E-state index in [0.717, 1.165) is 5.56 Å². The van der Waals surface area contributed by atoms with E-state index in [1.807, 2.05) is 30.3 Å². The van der Waals surface area contributed by atoms with Crippen molar-refractivity contribution in [1.82, 2.24) is 10.6 Å². The summed E-state index contributed by atoms with van der Waals surface area (Å²) in [4.78, 5) is 33.4. The number of carbonyl (C=O) groups excluding carboxylic acids is 2. The lowest BCUT2D eigenvalue weighted by Crippen LogP contribution is -2.46. The Morgan fingerprint density at radius 1 is 1.21 bits per heavy atom. The third-order valence-electron chi connectivity index (χ3n) is 2.39.